The molecule has 4 aliphatic rings. The van der Waals surface area contributed by atoms with Crippen molar-refractivity contribution in [1.29, 1.82) is 0 Å². The number of alkyl halides is 2. The third kappa shape index (κ3) is 25.5. The highest BCUT2D eigenvalue weighted by Crippen LogP contribution is 2.32. The first-order valence-electron chi connectivity index (χ1n) is 32.5. The number of carboxylic acid groups (broad SMARTS) is 3. The standard InChI is InChI=1S/C65H89F2IN12O14S/c1-69-36-49-35-65(66,67)44-80(49)58(84)37-72-63(92)51-17-21-70-53-16-15-50(33-52(51)53)94-32-5-3-7-46-18-22-78(23-19-46)59(85)39-79-57(83)34-54(64(79)93)95-43-48(9-2-4-20-71-55(81)10-6-8-45-11-13-47(68)14-12-45)73-56(82)38-74-24-26-75(40-60(86)87)28-30-77(42-62(90)91)31-29-76(27-25-74)41-61(88)89/h11-17,21,33,36,46,48-49,54H,2-10,18-20,22-32,34-35,37-44H2,1H3,(H,71,81)(H,72,92)(H,73,82)(H,86,87)(H,88,89)(H,90,91)/b69-36+/t48?,49-,54?/m1/s1. The van der Waals surface area contributed by atoms with Crippen LogP contribution < -0.4 is 20.7 Å². The number of likely N-dealkylation sites (tertiary alicyclic amines) is 3. The summed E-state index contributed by atoms with van der Waals surface area (Å²) in [5, 5.41) is 37.3. The number of aryl methyl sites for hydroxylation is 1. The average molecular weight is 1460 g/mol. The molecule has 0 spiro atoms. The fourth-order valence-corrected chi connectivity index (χ4v) is 13.8. The predicted octanol–water partition coefficient (Wildman–Crippen LogP) is 3.42. The monoisotopic (exact) mass is 1460 g/mol. The van der Waals surface area contributed by atoms with E-state index in [4.69, 9.17) is 4.74 Å². The number of pyridine rings is 1. The smallest absolute Gasteiger partial charge is 0.317 e. The minimum absolute atomic E-state index is 0.0651. The van der Waals surface area contributed by atoms with E-state index in [0.717, 1.165) is 57.5 Å². The van der Waals surface area contributed by atoms with Gasteiger partial charge < -0.3 is 45.8 Å². The van der Waals surface area contributed by atoms with Crippen LogP contribution in [0, 0.1) is 9.49 Å². The Labute approximate surface area is 569 Å². The molecule has 2 unspecified atom stereocenters. The SMILES string of the molecule is C/N=C/[C@H]1CC(F)(F)CN1C(=O)CNC(=O)c1ccnc2ccc(OCCCCC3CCN(C(=O)CN4C(=O)CC(SCC(CCCCNC(=O)CCCc5ccc(I)cc5)NC(=O)CN5CCN(CC(=O)O)CCN(CC(=O)O)CCN(CC(=O)O)CC5)C4=O)CC3)cc12. The minimum Gasteiger partial charge on any atom is -0.494 e. The largest absolute Gasteiger partial charge is 0.494 e. The number of rotatable bonds is 33. The number of carboxylic acids is 3. The maximum atomic E-state index is 14.2. The van der Waals surface area contributed by atoms with Crippen LogP contribution in [0.4, 0.5) is 8.78 Å². The number of nitrogens with zero attached hydrogens (tertiary/aromatic N) is 9. The molecule has 30 heteroatoms. The second-order valence-electron chi connectivity index (χ2n) is 24.7. The Morgan fingerprint density at radius 3 is 2.01 bits per heavy atom. The van der Waals surface area contributed by atoms with Gasteiger partial charge in [-0.05, 0) is 128 Å². The van der Waals surface area contributed by atoms with Gasteiger partial charge in [0.15, 0.2) is 0 Å². The number of hydrogen-bond acceptors (Lipinski definition) is 18. The van der Waals surface area contributed by atoms with Gasteiger partial charge in [0.25, 0.3) is 11.8 Å². The van der Waals surface area contributed by atoms with E-state index in [1.54, 1.807) is 37.8 Å². The van der Waals surface area contributed by atoms with Crippen molar-refractivity contribution in [3.05, 3.63) is 69.4 Å². The summed E-state index contributed by atoms with van der Waals surface area (Å²) in [4.78, 5) is 148. The van der Waals surface area contributed by atoms with E-state index in [0.29, 0.717) is 80.9 Å². The highest BCUT2D eigenvalue weighted by Gasteiger charge is 2.46. The zero-order valence-corrected chi connectivity index (χ0v) is 56.8. The van der Waals surface area contributed by atoms with Crippen LogP contribution in [0.25, 0.3) is 10.9 Å². The van der Waals surface area contributed by atoms with Gasteiger partial charge in [-0.2, -0.15) is 0 Å². The maximum Gasteiger partial charge on any atom is 0.317 e. The fourth-order valence-electron chi connectivity index (χ4n) is 12.2. The summed E-state index contributed by atoms with van der Waals surface area (Å²) in [5.74, 6) is -8.10. The molecule has 1 aromatic heterocycles. The van der Waals surface area contributed by atoms with Crippen molar-refractivity contribution in [2.45, 2.75) is 107 Å². The minimum atomic E-state index is -3.06. The molecule has 2 aromatic carbocycles. The Morgan fingerprint density at radius 1 is 0.758 bits per heavy atom. The molecule has 6 N–H and O–H groups in total. The van der Waals surface area contributed by atoms with E-state index in [-0.39, 0.29) is 121 Å². The first-order chi connectivity index (χ1) is 45.5. The molecule has 5 heterocycles. The number of halogens is 3. The number of aliphatic imine (C=N–C) groups is 1. The Hall–Kier alpha value is -7.00. The lowest BCUT2D eigenvalue weighted by atomic mass is 9.91. The van der Waals surface area contributed by atoms with Crippen LogP contribution in [0.5, 0.6) is 5.75 Å². The van der Waals surface area contributed by atoms with Gasteiger partial charge in [0.2, 0.25) is 35.4 Å². The molecule has 95 heavy (non-hydrogen) atoms. The van der Waals surface area contributed by atoms with Gasteiger partial charge >= 0.3 is 17.9 Å². The van der Waals surface area contributed by atoms with Crippen molar-refractivity contribution in [1.82, 2.24) is 55.2 Å². The molecule has 3 aromatic rings. The number of aromatic nitrogens is 1. The molecular weight excluding hydrogens is 1370 g/mol. The maximum absolute atomic E-state index is 14.2. The number of piperidine rings is 1. The molecular formula is C65H89F2IN12O14S. The quantitative estimate of drug-likeness (QED) is 0.0220. The summed E-state index contributed by atoms with van der Waals surface area (Å²) >= 11 is 3.48. The van der Waals surface area contributed by atoms with Crippen molar-refractivity contribution < 1.29 is 76.8 Å². The molecule has 0 aliphatic carbocycles. The Morgan fingerprint density at radius 2 is 1.39 bits per heavy atom. The first-order valence-corrected chi connectivity index (χ1v) is 34.6. The van der Waals surface area contributed by atoms with Gasteiger partial charge in [0.1, 0.15) is 12.3 Å². The summed E-state index contributed by atoms with van der Waals surface area (Å²) in [5.41, 5.74) is 1.92. The molecule has 0 bridgehead atoms. The number of aliphatic carboxylic acids is 3. The summed E-state index contributed by atoms with van der Waals surface area (Å²) in [7, 11) is 1.44. The zero-order chi connectivity index (χ0) is 68.4. The molecule has 26 nitrogen and oxygen atoms in total. The number of unbranched alkanes of at least 4 members (excludes halogenated alkanes) is 2. The van der Waals surface area contributed by atoms with E-state index in [1.807, 2.05) is 17.0 Å². The van der Waals surface area contributed by atoms with E-state index >= 15 is 0 Å². The number of imide groups is 1. The van der Waals surface area contributed by atoms with E-state index in [1.165, 1.54) is 37.3 Å². The van der Waals surface area contributed by atoms with Gasteiger partial charge in [0.05, 0.1) is 68.2 Å². The van der Waals surface area contributed by atoms with Crippen LogP contribution in [-0.4, -0.2) is 281 Å². The summed E-state index contributed by atoms with van der Waals surface area (Å²) in [6, 6.07) is 13.5. The van der Waals surface area contributed by atoms with Gasteiger partial charge in [-0.3, -0.25) is 82.4 Å². The van der Waals surface area contributed by atoms with Crippen LogP contribution in [-0.2, 0) is 49.6 Å². The Kier molecular flexibility index (Phi) is 30.2. The lowest BCUT2D eigenvalue weighted by Gasteiger charge is -2.33. The molecule has 520 valence electrons. The second kappa shape index (κ2) is 38.1. The zero-order valence-electron chi connectivity index (χ0n) is 53.8. The number of benzene rings is 2. The van der Waals surface area contributed by atoms with E-state index < -0.39 is 84.3 Å². The number of amides is 7. The van der Waals surface area contributed by atoms with Crippen molar-refractivity contribution >= 4 is 111 Å². The lowest BCUT2D eigenvalue weighted by molar-refractivity contribution is -0.146. The average Bonchev–Trinajstić information content (AvgIpc) is 1.54. The highest BCUT2D eigenvalue weighted by atomic mass is 127. The molecule has 7 rings (SSSR count). The molecule has 0 radical (unpaired) electrons. The van der Waals surface area contributed by atoms with Crippen molar-refractivity contribution in [3.8, 4) is 5.75 Å². The number of carbonyl (C=O) groups is 10. The number of hydrogen-bond donors (Lipinski definition) is 6. The van der Waals surface area contributed by atoms with E-state index in [9.17, 15) is 72.0 Å². The van der Waals surface area contributed by atoms with Crippen LogP contribution in [0.1, 0.15) is 93.0 Å². The number of ether oxygens (including phenoxy) is 1. The van der Waals surface area contributed by atoms with Crippen molar-refractivity contribution in [2.75, 3.05) is 137 Å². The Bertz CT molecular complexity index is 3130. The molecule has 4 fully saturated rings. The molecule has 4 saturated heterocycles. The van der Waals surface area contributed by atoms with Gasteiger partial charge in [-0.25, -0.2) is 8.78 Å². The third-order valence-corrected chi connectivity index (χ3v) is 19.5. The van der Waals surface area contributed by atoms with Gasteiger partial charge in [-0.1, -0.05) is 18.6 Å². The molecule has 7 amide bonds. The van der Waals surface area contributed by atoms with E-state index in [2.05, 4.69) is 60.7 Å². The predicted molar refractivity (Wildman–Crippen MR) is 359 cm³/mol. The van der Waals surface area contributed by atoms with Crippen LogP contribution in [0.2, 0.25) is 0 Å². The van der Waals surface area contributed by atoms with Crippen molar-refractivity contribution in [3.63, 3.8) is 0 Å². The fraction of sp³-hybridized carbons (Fsp3) is 0.600. The van der Waals surface area contributed by atoms with Crippen LogP contribution in [0.3, 0.4) is 0 Å². The summed E-state index contributed by atoms with van der Waals surface area (Å²) in [6.45, 7) is 0.831. The van der Waals surface area contributed by atoms with Crippen LogP contribution >= 0.6 is 34.4 Å². The highest BCUT2D eigenvalue weighted by molar-refractivity contribution is 14.1. The molecule has 3 atom stereocenters. The van der Waals surface area contributed by atoms with Gasteiger partial charge in [0, 0.05) is 131 Å². The Balaban J connectivity index is 0.865. The first kappa shape index (κ1) is 75.4. The topological polar surface area (TPSA) is 325 Å². The number of fused-ring (bicyclic) bond motifs is 1. The normalized spacial score (nSPS) is 19.3. The summed E-state index contributed by atoms with van der Waals surface area (Å²) < 4.78 is 35.5. The molecule has 0 saturated carbocycles. The van der Waals surface area contributed by atoms with Crippen molar-refractivity contribution in [2.24, 2.45) is 10.9 Å². The van der Waals surface area contributed by atoms with Crippen LogP contribution in [0.15, 0.2) is 59.7 Å². The number of nitrogens with one attached hydrogen (secondary N) is 3. The van der Waals surface area contributed by atoms with Gasteiger partial charge in [-0.15, -0.1) is 11.8 Å². The number of carbonyl (C=O) groups excluding carboxylic acids is 7. The third-order valence-electron chi connectivity index (χ3n) is 17.4. The molecule has 4 aliphatic heterocycles. The second-order valence-corrected chi connectivity index (χ2v) is 27.1. The number of thioether (sulfide) groups is 1. The lowest BCUT2D eigenvalue weighted by Crippen LogP contribution is -2.50. The summed E-state index contributed by atoms with van der Waals surface area (Å²) in [6.07, 6.45) is 9.54.